The van der Waals surface area contributed by atoms with Crippen LogP contribution in [0.2, 0.25) is 0 Å². The van der Waals surface area contributed by atoms with Gasteiger partial charge in [0.25, 0.3) is 0 Å². The number of hydrogen-bond donors (Lipinski definition) is 3. The summed E-state index contributed by atoms with van der Waals surface area (Å²) in [5, 5.41) is 17.1. The van der Waals surface area contributed by atoms with Gasteiger partial charge in [-0.2, -0.15) is 0 Å². The number of aromatic hydroxyl groups is 1. The lowest BCUT2D eigenvalue weighted by Gasteiger charge is -2.22. The summed E-state index contributed by atoms with van der Waals surface area (Å²) in [4.78, 5) is 4.84. The second-order valence-electron chi connectivity index (χ2n) is 8.72. The van der Waals surface area contributed by atoms with Crippen LogP contribution in [0.4, 0.5) is 5.69 Å². The van der Waals surface area contributed by atoms with E-state index in [4.69, 9.17) is 4.99 Å². The molecule has 2 aliphatic rings. The molecule has 2 saturated carbocycles. The van der Waals surface area contributed by atoms with E-state index in [1.165, 1.54) is 50.5 Å². The van der Waals surface area contributed by atoms with Crippen LogP contribution in [0.25, 0.3) is 0 Å². The Morgan fingerprint density at radius 1 is 1.12 bits per heavy atom. The molecule has 3 N–H and O–H groups in total. The van der Waals surface area contributed by atoms with Crippen LogP contribution in [0.5, 0.6) is 5.75 Å². The molecule has 0 saturated heterocycles. The first kappa shape index (κ1) is 18.1. The minimum absolute atomic E-state index is 0.0491. The van der Waals surface area contributed by atoms with Crippen molar-refractivity contribution >= 4 is 11.6 Å². The number of aliphatic imine (C=N–C) groups is 1. The van der Waals surface area contributed by atoms with Crippen molar-refractivity contribution < 1.29 is 5.11 Å². The molecular formula is C21H33N3O. The van der Waals surface area contributed by atoms with Crippen molar-refractivity contribution in [2.24, 2.45) is 10.9 Å². The molecule has 0 bridgehead atoms. The molecule has 2 fully saturated rings. The normalized spacial score (nSPS) is 19.7. The standard InChI is InChI=1S/C21H33N3O/c1-21(2,3)16-9-12-19(25)18(13-16)24-20(23-17-10-11-17)22-14-15-7-5-4-6-8-15/h9,12-13,15,17,25H,4-8,10-11,14H2,1-3H3,(H2,22,23,24). The van der Waals surface area contributed by atoms with E-state index < -0.39 is 0 Å². The van der Waals surface area contributed by atoms with Crippen molar-refractivity contribution in [1.82, 2.24) is 5.32 Å². The average Bonchev–Trinajstić information content (AvgIpc) is 3.38. The number of rotatable bonds is 4. The highest BCUT2D eigenvalue weighted by Gasteiger charge is 2.23. The Morgan fingerprint density at radius 2 is 1.84 bits per heavy atom. The first-order valence-electron chi connectivity index (χ1n) is 9.83. The van der Waals surface area contributed by atoms with Gasteiger partial charge in [0.2, 0.25) is 0 Å². The molecule has 1 aromatic rings. The highest BCUT2D eigenvalue weighted by molar-refractivity contribution is 5.95. The Hall–Kier alpha value is -1.71. The Kier molecular flexibility index (Phi) is 5.55. The van der Waals surface area contributed by atoms with E-state index in [1.54, 1.807) is 6.07 Å². The molecule has 0 radical (unpaired) electrons. The largest absolute Gasteiger partial charge is 0.506 e. The Morgan fingerprint density at radius 3 is 2.48 bits per heavy atom. The van der Waals surface area contributed by atoms with Gasteiger partial charge in [-0.05, 0) is 54.7 Å². The summed E-state index contributed by atoms with van der Waals surface area (Å²) in [6, 6.07) is 6.34. The van der Waals surface area contributed by atoms with Gasteiger partial charge >= 0.3 is 0 Å². The average molecular weight is 344 g/mol. The van der Waals surface area contributed by atoms with Crippen LogP contribution in [0.1, 0.15) is 71.3 Å². The number of nitrogens with zero attached hydrogens (tertiary/aromatic N) is 1. The maximum absolute atomic E-state index is 10.3. The van der Waals surface area contributed by atoms with E-state index in [2.05, 4.69) is 31.4 Å². The first-order chi connectivity index (χ1) is 11.9. The second-order valence-corrected chi connectivity index (χ2v) is 8.72. The fraction of sp³-hybridized carbons (Fsp3) is 0.667. The summed E-state index contributed by atoms with van der Waals surface area (Å²) in [6.45, 7) is 7.43. The number of guanidine groups is 1. The van der Waals surface area contributed by atoms with Crippen LogP contribution in [-0.2, 0) is 5.41 Å². The van der Waals surface area contributed by atoms with Gasteiger partial charge in [-0.1, -0.05) is 46.1 Å². The van der Waals surface area contributed by atoms with Gasteiger partial charge in [0, 0.05) is 12.6 Å². The molecule has 0 unspecified atom stereocenters. The summed E-state index contributed by atoms with van der Waals surface area (Å²) in [5.41, 5.74) is 1.99. The van der Waals surface area contributed by atoms with Crippen LogP contribution < -0.4 is 10.6 Å². The summed E-state index contributed by atoms with van der Waals surface area (Å²) in [7, 11) is 0. The maximum Gasteiger partial charge on any atom is 0.196 e. The quantitative estimate of drug-likeness (QED) is 0.418. The second kappa shape index (κ2) is 7.67. The zero-order chi connectivity index (χ0) is 17.9. The van der Waals surface area contributed by atoms with Gasteiger partial charge in [-0.15, -0.1) is 0 Å². The van der Waals surface area contributed by atoms with Crippen molar-refractivity contribution in [2.75, 3.05) is 11.9 Å². The van der Waals surface area contributed by atoms with E-state index >= 15 is 0 Å². The summed E-state index contributed by atoms with van der Waals surface area (Å²) in [5.74, 6) is 1.80. The number of hydrogen-bond acceptors (Lipinski definition) is 2. The molecule has 0 atom stereocenters. The maximum atomic E-state index is 10.3. The molecule has 138 valence electrons. The van der Waals surface area contributed by atoms with E-state index in [9.17, 15) is 5.11 Å². The Bertz CT molecular complexity index is 608. The fourth-order valence-electron chi connectivity index (χ4n) is 3.36. The molecule has 4 heteroatoms. The molecule has 4 nitrogen and oxygen atoms in total. The smallest absolute Gasteiger partial charge is 0.196 e. The Balaban J connectivity index is 1.73. The van der Waals surface area contributed by atoms with Gasteiger partial charge in [0.05, 0.1) is 5.69 Å². The molecular weight excluding hydrogens is 310 g/mol. The lowest BCUT2D eigenvalue weighted by atomic mass is 9.87. The van der Waals surface area contributed by atoms with Crippen LogP contribution in [0.3, 0.4) is 0 Å². The SMILES string of the molecule is CC(C)(C)c1ccc(O)c(NC(=NCC2CCCCC2)NC2CC2)c1. The summed E-state index contributed by atoms with van der Waals surface area (Å²) >= 11 is 0. The van der Waals surface area contributed by atoms with E-state index in [0.717, 1.165) is 18.2 Å². The van der Waals surface area contributed by atoms with Gasteiger partial charge in [-0.3, -0.25) is 4.99 Å². The van der Waals surface area contributed by atoms with Crippen molar-refractivity contribution in [3.63, 3.8) is 0 Å². The van der Waals surface area contributed by atoms with Gasteiger partial charge in [0.1, 0.15) is 5.75 Å². The van der Waals surface area contributed by atoms with Crippen LogP contribution in [-0.4, -0.2) is 23.7 Å². The predicted octanol–water partition coefficient (Wildman–Crippen LogP) is 4.79. The van der Waals surface area contributed by atoms with Gasteiger partial charge < -0.3 is 15.7 Å². The van der Waals surface area contributed by atoms with Crippen molar-refractivity contribution in [1.29, 1.82) is 0 Å². The molecule has 25 heavy (non-hydrogen) atoms. The molecule has 0 spiro atoms. The molecule has 1 aromatic carbocycles. The topological polar surface area (TPSA) is 56.6 Å². The lowest BCUT2D eigenvalue weighted by molar-refractivity contribution is 0.366. The third kappa shape index (κ3) is 5.38. The summed E-state index contributed by atoms with van der Waals surface area (Å²) < 4.78 is 0. The van der Waals surface area contributed by atoms with Crippen LogP contribution in [0, 0.1) is 5.92 Å². The van der Waals surface area contributed by atoms with Gasteiger partial charge in [0.15, 0.2) is 5.96 Å². The lowest BCUT2D eigenvalue weighted by Crippen LogP contribution is -2.33. The molecule has 3 rings (SSSR count). The molecule has 0 amide bonds. The highest BCUT2D eigenvalue weighted by Crippen LogP contribution is 2.31. The van der Waals surface area contributed by atoms with Crippen LogP contribution in [0.15, 0.2) is 23.2 Å². The zero-order valence-electron chi connectivity index (χ0n) is 15.9. The number of nitrogens with one attached hydrogen (secondary N) is 2. The molecule has 0 aromatic heterocycles. The molecule has 0 heterocycles. The molecule has 2 aliphatic carbocycles. The minimum Gasteiger partial charge on any atom is -0.506 e. The first-order valence-corrected chi connectivity index (χ1v) is 9.83. The van der Waals surface area contributed by atoms with Crippen molar-refractivity contribution in [3.8, 4) is 5.75 Å². The van der Waals surface area contributed by atoms with Crippen LogP contribution >= 0.6 is 0 Å². The summed E-state index contributed by atoms with van der Waals surface area (Å²) in [6.07, 6.45) is 9.06. The monoisotopic (exact) mass is 343 g/mol. The third-order valence-electron chi connectivity index (χ3n) is 5.27. The number of anilines is 1. The van der Waals surface area contributed by atoms with Crippen molar-refractivity contribution in [2.45, 2.75) is 77.2 Å². The number of benzene rings is 1. The highest BCUT2D eigenvalue weighted by atomic mass is 16.3. The van der Waals surface area contributed by atoms with Crippen molar-refractivity contribution in [3.05, 3.63) is 23.8 Å². The number of phenolic OH excluding ortho intramolecular Hbond substituents is 1. The fourth-order valence-corrected chi connectivity index (χ4v) is 3.36. The Labute approximate surface area is 152 Å². The molecule has 0 aliphatic heterocycles. The zero-order valence-corrected chi connectivity index (χ0v) is 15.9. The minimum atomic E-state index is 0.0491. The van der Waals surface area contributed by atoms with E-state index in [0.29, 0.717) is 12.0 Å². The van der Waals surface area contributed by atoms with E-state index in [-0.39, 0.29) is 11.2 Å². The third-order valence-corrected chi connectivity index (χ3v) is 5.27. The number of phenols is 1. The van der Waals surface area contributed by atoms with Gasteiger partial charge in [-0.25, -0.2) is 0 Å². The predicted molar refractivity (Wildman–Crippen MR) is 105 cm³/mol. The van der Waals surface area contributed by atoms with E-state index in [1.807, 2.05) is 12.1 Å².